The number of carbonyl (C=O) groups is 2. The molecule has 29 heavy (non-hydrogen) atoms. The average Bonchev–Trinajstić information content (AvgIpc) is 2.68. The normalized spacial score (nSPS) is 19.2. The van der Waals surface area contributed by atoms with Gasteiger partial charge in [-0.1, -0.05) is 0 Å². The second kappa shape index (κ2) is 9.02. The first-order chi connectivity index (χ1) is 13.7. The van der Waals surface area contributed by atoms with E-state index in [1.54, 1.807) is 0 Å². The standard InChI is InChI=1S/C20H27F3N4O2/c21-20(22,23)15-4-5-17(27-8-2-1-3-9-27)16(12-15)25-18(28)13-26-10-6-14(7-11-26)19(24)29/h4-5,12,14H,1-3,6-11,13H2,(H2,24,29)(H,25,28). The Morgan fingerprint density at radius 2 is 1.72 bits per heavy atom. The fourth-order valence-electron chi connectivity index (χ4n) is 3.99. The topological polar surface area (TPSA) is 78.7 Å². The Morgan fingerprint density at radius 3 is 2.31 bits per heavy atom. The number of nitrogens with one attached hydrogen (secondary N) is 1. The van der Waals surface area contributed by atoms with E-state index in [0.29, 0.717) is 31.6 Å². The zero-order valence-corrected chi connectivity index (χ0v) is 16.3. The summed E-state index contributed by atoms with van der Waals surface area (Å²) in [5, 5.41) is 2.69. The highest BCUT2D eigenvalue weighted by atomic mass is 19.4. The first kappa shape index (κ1) is 21.4. The van der Waals surface area contributed by atoms with Crippen LogP contribution in [0.1, 0.15) is 37.7 Å². The second-order valence-electron chi connectivity index (χ2n) is 7.78. The van der Waals surface area contributed by atoms with Gasteiger partial charge in [0.1, 0.15) is 0 Å². The Labute approximate surface area is 168 Å². The molecule has 0 spiro atoms. The fourth-order valence-corrected chi connectivity index (χ4v) is 3.99. The predicted octanol–water partition coefficient (Wildman–Crippen LogP) is 2.83. The van der Waals surface area contributed by atoms with Crippen molar-refractivity contribution in [2.24, 2.45) is 11.7 Å². The van der Waals surface area contributed by atoms with Crippen LogP contribution in [0.5, 0.6) is 0 Å². The van der Waals surface area contributed by atoms with Crippen molar-refractivity contribution < 1.29 is 22.8 Å². The van der Waals surface area contributed by atoms with Gasteiger partial charge in [0.15, 0.2) is 0 Å². The number of nitrogens with two attached hydrogens (primary N) is 1. The number of rotatable bonds is 5. The van der Waals surface area contributed by atoms with E-state index >= 15 is 0 Å². The third-order valence-electron chi connectivity index (χ3n) is 5.65. The maximum Gasteiger partial charge on any atom is 0.416 e. The van der Waals surface area contributed by atoms with Gasteiger partial charge in [-0.2, -0.15) is 13.2 Å². The number of nitrogens with zero attached hydrogens (tertiary/aromatic N) is 2. The van der Waals surface area contributed by atoms with Crippen molar-refractivity contribution in [1.82, 2.24) is 4.90 Å². The Balaban J connectivity index is 1.70. The van der Waals surface area contributed by atoms with Crippen molar-refractivity contribution in [2.45, 2.75) is 38.3 Å². The van der Waals surface area contributed by atoms with Gasteiger partial charge in [0, 0.05) is 19.0 Å². The Bertz CT molecular complexity index is 740. The summed E-state index contributed by atoms with van der Waals surface area (Å²) in [4.78, 5) is 27.7. The van der Waals surface area contributed by atoms with Crippen LogP contribution in [0, 0.1) is 5.92 Å². The highest BCUT2D eigenvalue weighted by molar-refractivity contribution is 5.96. The Kier molecular flexibility index (Phi) is 6.66. The summed E-state index contributed by atoms with van der Waals surface area (Å²) in [5.41, 5.74) is 5.35. The summed E-state index contributed by atoms with van der Waals surface area (Å²) in [5.74, 6) is -0.868. The molecule has 9 heteroatoms. The molecular formula is C20H27F3N4O2. The molecule has 0 radical (unpaired) electrons. The van der Waals surface area contributed by atoms with Crippen LogP contribution in [-0.4, -0.2) is 49.4 Å². The molecule has 0 unspecified atom stereocenters. The lowest BCUT2D eigenvalue weighted by molar-refractivity contribution is -0.137. The molecule has 6 nitrogen and oxygen atoms in total. The molecule has 3 N–H and O–H groups in total. The molecule has 0 bridgehead atoms. The lowest BCUT2D eigenvalue weighted by Gasteiger charge is -2.32. The Morgan fingerprint density at radius 1 is 1.07 bits per heavy atom. The zero-order chi connectivity index (χ0) is 21.0. The van der Waals surface area contributed by atoms with E-state index in [9.17, 15) is 22.8 Å². The monoisotopic (exact) mass is 412 g/mol. The van der Waals surface area contributed by atoms with Crippen molar-refractivity contribution in [3.8, 4) is 0 Å². The van der Waals surface area contributed by atoms with Gasteiger partial charge >= 0.3 is 6.18 Å². The first-order valence-electron chi connectivity index (χ1n) is 10.0. The maximum absolute atomic E-state index is 13.2. The number of likely N-dealkylation sites (tertiary alicyclic amines) is 1. The van der Waals surface area contributed by atoms with Crippen molar-refractivity contribution in [3.05, 3.63) is 23.8 Å². The molecule has 0 aliphatic carbocycles. The van der Waals surface area contributed by atoms with Gasteiger partial charge in [0.05, 0.1) is 23.5 Å². The van der Waals surface area contributed by atoms with Gasteiger partial charge in [-0.25, -0.2) is 0 Å². The van der Waals surface area contributed by atoms with Crippen LogP contribution in [-0.2, 0) is 15.8 Å². The van der Waals surface area contributed by atoms with Crippen LogP contribution in [0.25, 0.3) is 0 Å². The molecule has 0 saturated carbocycles. The molecular weight excluding hydrogens is 385 g/mol. The predicted molar refractivity (Wildman–Crippen MR) is 104 cm³/mol. The molecule has 2 aliphatic rings. The number of alkyl halides is 3. The van der Waals surface area contributed by atoms with Gasteiger partial charge in [0.2, 0.25) is 11.8 Å². The number of primary amides is 1. The number of hydrogen-bond donors (Lipinski definition) is 2. The Hall–Kier alpha value is -2.29. The summed E-state index contributed by atoms with van der Waals surface area (Å²) >= 11 is 0. The van der Waals surface area contributed by atoms with E-state index in [2.05, 4.69) is 5.32 Å². The van der Waals surface area contributed by atoms with Crippen LogP contribution >= 0.6 is 0 Å². The molecule has 0 aromatic heterocycles. The molecule has 3 rings (SSSR count). The van der Waals surface area contributed by atoms with Gasteiger partial charge in [-0.3, -0.25) is 14.5 Å². The lowest BCUT2D eigenvalue weighted by atomic mass is 9.96. The summed E-state index contributed by atoms with van der Waals surface area (Å²) in [6, 6.07) is 3.53. The fraction of sp³-hybridized carbons (Fsp3) is 0.600. The van der Waals surface area contributed by atoms with E-state index in [0.717, 1.165) is 44.5 Å². The minimum absolute atomic E-state index is 0.0706. The van der Waals surface area contributed by atoms with Gasteiger partial charge < -0.3 is 16.0 Å². The van der Waals surface area contributed by atoms with Crippen LogP contribution in [0.4, 0.5) is 24.5 Å². The SMILES string of the molecule is NC(=O)C1CCN(CC(=O)Nc2cc(C(F)(F)F)ccc2N2CCCCC2)CC1. The number of benzene rings is 1. The van der Waals surface area contributed by atoms with E-state index in [1.807, 2.05) is 9.80 Å². The average molecular weight is 412 g/mol. The molecule has 0 atom stereocenters. The molecule has 160 valence electrons. The van der Waals surface area contributed by atoms with E-state index in [4.69, 9.17) is 5.73 Å². The summed E-state index contributed by atoms with van der Waals surface area (Å²) in [6.07, 6.45) is -0.251. The number of piperidine rings is 2. The van der Waals surface area contributed by atoms with Crippen LogP contribution in [0.3, 0.4) is 0 Å². The van der Waals surface area contributed by atoms with Crippen molar-refractivity contribution in [2.75, 3.05) is 42.9 Å². The maximum atomic E-state index is 13.2. The van der Waals surface area contributed by atoms with Gasteiger partial charge in [-0.15, -0.1) is 0 Å². The van der Waals surface area contributed by atoms with Crippen LogP contribution in [0.2, 0.25) is 0 Å². The zero-order valence-electron chi connectivity index (χ0n) is 16.3. The first-order valence-corrected chi connectivity index (χ1v) is 10.0. The van der Waals surface area contributed by atoms with Gasteiger partial charge in [0.25, 0.3) is 0 Å². The molecule has 2 amide bonds. The number of amides is 2. The molecule has 2 fully saturated rings. The summed E-state index contributed by atoms with van der Waals surface area (Å²) < 4.78 is 39.5. The van der Waals surface area contributed by atoms with E-state index in [-0.39, 0.29) is 30.0 Å². The van der Waals surface area contributed by atoms with E-state index in [1.165, 1.54) is 6.07 Å². The molecule has 1 aromatic carbocycles. The highest BCUT2D eigenvalue weighted by Crippen LogP contribution is 2.36. The van der Waals surface area contributed by atoms with Crippen molar-refractivity contribution in [1.29, 1.82) is 0 Å². The highest BCUT2D eigenvalue weighted by Gasteiger charge is 2.32. The smallest absolute Gasteiger partial charge is 0.370 e. The minimum atomic E-state index is -4.48. The molecule has 2 aliphatic heterocycles. The number of hydrogen-bond acceptors (Lipinski definition) is 4. The largest absolute Gasteiger partial charge is 0.416 e. The van der Waals surface area contributed by atoms with Crippen LogP contribution < -0.4 is 16.0 Å². The summed E-state index contributed by atoms with van der Waals surface area (Å²) in [6.45, 7) is 2.70. The second-order valence-corrected chi connectivity index (χ2v) is 7.78. The third kappa shape index (κ3) is 5.62. The number of carbonyl (C=O) groups excluding carboxylic acids is 2. The molecule has 2 heterocycles. The molecule has 2 saturated heterocycles. The number of anilines is 2. The van der Waals surface area contributed by atoms with Crippen molar-refractivity contribution in [3.63, 3.8) is 0 Å². The van der Waals surface area contributed by atoms with E-state index < -0.39 is 11.7 Å². The third-order valence-corrected chi connectivity index (χ3v) is 5.65. The van der Waals surface area contributed by atoms with Crippen LogP contribution in [0.15, 0.2) is 18.2 Å². The lowest BCUT2D eigenvalue weighted by Crippen LogP contribution is -2.42. The molecule has 1 aromatic rings. The van der Waals surface area contributed by atoms with Gasteiger partial charge in [-0.05, 0) is 63.4 Å². The summed E-state index contributed by atoms with van der Waals surface area (Å²) in [7, 11) is 0. The number of halogens is 3. The van der Waals surface area contributed by atoms with Crippen molar-refractivity contribution >= 4 is 23.2 Å². The minimum Gasteiger partial charge on any atom is -0.370 e. The quantitative estimate of drug-likeness (QED) is 0.780.